The highest BCUT2D eigenvalue weighted by Gasteiger charge is 2.09. The van der Waals surface area contributed by atoms with Crippen LogP contribution in [0.3, 0.4) is 0 Å². The van der Waals surface area contributed by atoms with Gasteiger partial charge in [0.2, 0.25) is 0 Å². The van der Waals surface area contributed by atoms with Crippen LogP contribution in [0.15, 0.2) is 23.8 Å². The Balaban J connectivity index is 1.96. The van der Waals surface area contributed by atoms with Gasteiger partial charge < -0.3 is 0 Å². The zero-order valence-electron chi connectivity index (χ0n) is 9.85. The molecular weight excluding hydrogens is 228 g/mol. The van der Waals surface area contributed by atoms with Gasteiger partial charge in [-0.2, -0.15) is 0 Å². The molecule has 2 heterocycles. The van der Waals surface area contributed by atoms with E-state index in [0.717, 1.165) is 11.3 Å². The van der Waals surface area contributed by atoms with Gasteiger partial charge in [-0.1, -0.05) is 12.8 Å². The molecule has 1 aliphatic rings. The third-order valence-corrected chi connectivity index (χ3v) is 4.04. The second-order valence-electron chi connectivity index (χ2n) is 4.67. The van der Waals surface area contributed by atoms with Crippen molar-refractivity contribution < 1.29 is 0 Å². The van der Waals surface area contributed by atoms with Gasteiger partial charge in [0.1, 0.15) is 0 Å². The Bertz CT molecular complexity index is 491. The predicted molar refractivity (Wildman–Crippen MR) is 71.2 cm³/mol. The Morgan fingerprint density at radius 3 is 2.53 bits per heavy atom. The molecule has 0 aliphatic heterocycles. The fourth-order valence-corrected chi connectivity index (χ4v) is 2.99. The summed E-state index contributed by atoms with van der Waals surface area (Å²) in [5.41, 5.74) is 5.19. The minimum Gasteiger partial charge on any atom is -0.256 e. The van der Waals surface area contributed by atoms with E-state index in [1.807, 2.05) is 6.20 Å². The minimum absolute atomic E-state index is 1.08. The molecule has 0 amide bonds. The normalized spacial score (nSPS) is 16.0. The molecule has 1 aliphatic carbocycles. The number of fused-ring (bicyclic) bond motifs is 1. The maximum absolute atomic E-state index is 4.57. The SMILES string of the molecule is c1nscc1-c1cc2c(cn1)CCCCCC2. The van der Waals surface area contributed by atoms with Crippen molar-refractivity contribution in [1.82, 2.24) is 9.36 Å². The van der Waals surface area contributed by atoms with Crippen LogP contribution in [0.5, 0.6) is 0 Å². The standard InChI is InChI=1S/C14H16N2S/c1-2-4-6-12-8-15-14(7-11(12)5-3-1)13-9-16-17-10-13/h7-10H,1-6H2. The molecule has 3 heteroatoms. The van der Waals surface area contributed by atoms with Crippen LogP contribution in [0.25, 0.3) is 11.3 Å². The fraction of sp³-hybridized carbons (Fsp3) is 0.429. The number of aryl methyl sites for hydroxylation is 2. The molecule has 2 aromatic rings. The molecule has 0 saturated heterocycles. The lowest BCUT2D eigenvalue weighted by Gasteiger charge is -2.13. The zero-order valence-corrected chi connectivity index (χ0v) is 10.7. The summed E-state index contributed by atoms with van der Waals surface area (Å²) in [7, 11) is 0. The molecule has 0 fully saturated rings. The van der Waals surface area contributed by atoms with Gasteiger partial charge in [0.15, 0.2) is 0 Å². The number of aromatic nitrogens is 2. The van der Waals surface area contributed by atoms with E-state index in [-0.39, 0.29) is 0 Å². The number of pyridine rings is 1. The quantitative estimate of drug-likeness (QED) is 0.761. The van der Waals surface area contributed by atoms with Crippen LogP contribution in [-0.2, 0) is 12.8 Å². The average Bonchev–Trinajstić information content (AvgIpc) is 2.83. The molecule has 0 radical (unpaired) electrons. The first-order valence-corrected chi connectivity index (χ1v) is 7.15. The molecule has 0 saturated carbocycles. The Labute approximate surface area is 106 Å². The van der Waals surface area contributed by atoms with Crippen molar-refractivity contribution in [1.29, 1.82) is 0 Å². The topological polar surface area (TPSA) is 25.8 Å². The highest BCUT2D eigenvalue weighted by molar-refractivity contribution is 7.03. The summed E-state index contributed by atoms with van der Waals surface area (Å²) in [4.78, 5) is 4.57. The molecule has 0 spiro atoms. The molecular formula is C14H16N2S. The van der Waals surface area contributed by atoms with Gasteiger partial charge in [-0.15, -0.1) is 0 Å². The molecule has 2 nitrogen and oxygen atoms in total. The molecule has 0 aromatic carbocycles. The summed E-state index contributed by atoms with van der Waals surface area (Å²) in [6.07, 6.45) is 11.8. The van der Waals surface area contributed by atoms with E-state index in [1.54, 1.807) is 0 Å². The average molecular weight is 244 g/mol. The van der Waals surface area contributed by atoms with Gasteiger partial charge in [0.05, 0.1) is 11.9 Å². The van der Waals surface area contributed by atoms with Crippen molar-refractivity contribution in [2.45, 2.75) is 38.5 Å². The summed E-state index contributed by atoms with van der Waals surface area (Å²) >= 11 is 1.49. The fourth-order valence-electron chi connectivity index (χ4n) is 2.46. The highest BCUT2D eigenvalue weighted by Crippen LogP contribution is 2.24. The van der Waals surface area contributed by atoms with Gasteiger partial charge in [-0.3, -0.25) is 4.98 Å². The molecule has 17 heavy (non-hydrogen) atoms. The van der Waals surface area contributed by atoms with Crippen LogP contribution >= 0.6 is 11.5 Å². The number of nitrogens with zero attached hydrogens (tertiary/aromatic N) is 2. The van der Waals surface area contributed by atoms with E-state index in [9.17, 15) is 0 Å². The van der Waals surface area contributed by atoms with E-state index in [4.69, 9.17) is 0 Å². The van der Waals surface area contributed by atoms with E-state index in [2.05, 4.69) is 27.0 Å². The van der Waals surface area contributed by atoms with Crippen LogP contribution in [0.4, 0.5) is 0 Å². The largest absolute Gasteiger partial charge is 0.256 e. The Morgan fingerprint density at radius 2 is 1.76 bits per heavy atom. The van der Waals surface area contributed by atoms with Crippen LogP contribution in [0.2, 0.25) is 0 Å². The Morgan fingerprint density at radius 1 is 0.941 bits per heavy atom. The molecule has 0 unspecified atom stereocenters. The lowest BCUT2D eigenvalue weighted by Crippen LogP contribution is -2.01. The van der Waals surface area contributed by atoms with Crippen LogP contribution in [-0.4, -0.2) is 9.36 Å². The maximum Gasteiger partial charge on any atom is 0.0729 e. The number of rotatable bonds is 1. The molecule has 3 rings (SSSR count). The lowest BCUT2D eigenvalue weighted by atomic mass is 9.94. The second kappa shape index (κ2) is 4.96. The predicted octanol–water partition coefficient (Wildman–Crippen LogP) is 3.86. The molecule has 88 valence electrons. The number of hydrogen-bond acceptors (Lipinski definition) is 3. The van der Waals surface area contributed by atoms with E-state index >= 15 is 0 Å². The van der Waals surface area contributed by atoms with Crippen molar-refractivity contribution in [3.63, 3.8) is 0 Å². The molecule has 2 aromatic heterocycles. The highest BCUT2D eigenvalue weighted by atomic mass is 32.1. The summed E-state index contributed by atoms with van der Waals surface area (Å²) in [6, 6.07) is 2.27. The monoisotopic (exact) mass is 244 g/mol. The van der Waals surface area contributed by atoms with Gasteiger partial charge in [0.25, 0.3) is 0 Å². The van der Waals surface area contributed by atoms with Gasteiger partial charge in [-0.25, -0.2) is 4.37 Å². The minimum atomic E-state index is 1.08. The molecule has 0 atom stereocenters. The van der Waals surface area contributed by atoms with Gasteiger partial charge in [0, 0.05) is 17.1 Å². The summed E-state index contributed by atoms with van der Waals surface area (Å²) < 4.78 is 4.15. The van der Waals surface area contributed by atoms with Crippen LogP contribution in [0.1, 0.15) is 36.8 Å². The van der Waals surface area contributed by atoms with E-state index in [1.165, 1.54) is 61.2 Å². The third-order valence-electron chi connectivity index (χ3n) is 3.45. The van der Waals surface area contributed by atoms with Crippen molar-refractivity contribution >= 4 is 11.5 Å². The smallest absolute Gasteiger partial charge is 0.0729 e. The van der Waals surface area contributed by atoms with Crippen LogP contribution < -0.4 is 0 Å². The second-order valence-corrected chi connectivity index (χ2v) is 5.32. The number of hydrogen-bond donors (Lipinski definition) is 0. The Kier molecular flexibility index (Phi) is 3.18. The lowest BCUT2D eigenvalue weighted by molar-refractivity contribution is 0.616. The van der Waals surface area contributed by atoms with Crippen molar-refractivity contribution in [3.8, 4) is 11.3 Å². The molecule has 0 N–H and O–H groups in total. The van der Waals surface area contributed by atoms with Gasteiger partial charge in [-0.05, 0) is 54.4 Å². The zero-order chi connectivity index (χ0) is 11.5. The van der Waals surface area contributed by atoms with Crippen molar-refractivity contribution in [2.75, 3.05) is 0 Å². The van der Waals surface area contributed by atoms with Crippen LogP contribution in [0, 0.1) is 0 Å². The van der Waals surface area contributed by atoms with E-state index in [0.29, 0.717) is 0 Å². The summed E-state index contributed by atoms with van der Waals surface area (Å²) in [5.74, 6) is 0. The first kappa shape index (κ1) is 10.9. The summed E-state index contributed by atoms with van der Waals surface area (Å²) in [6.45, 7) is 0. The maximum atomic E-state index is 4.57. The van der Waals surface area contributed by atoms with Gasteiger partial charge >= 0.3 is 0 Å². The molecule has 0 bridgehead atoms. The first-order valence-electron chi connectivity index (χ1n) is 6.31. The first-order chi connectivity index (χ1) is 8.43. The summed E-state index contributed by atoms with van der Waals surface area (Å²) in [5, 5.41) is 2.07. The Hall–Kier alpha value is -1.22. The van der Waals surface area contributed by atoms with Crippen molar-refractivity contribution in [2.24, 2.45) is 0 Å². The third kappa shape index (κ3) is 2.39. The van der Waals surface area contributed by atoms with E-state index < -0.39 is 0 Å². The van der Waals surface area contributed by atoms with Crippen molar-refractivity contribution in [3.05, 3.63) is 35.0 Å².